The number of nitrogens with two attached hydrogens (primary N) is 1. The predicted octanol–water partition coefficient (Wildman–Crippen LogP) is 1.27. The third-order valence-electron chi connectivity index (χ3n) is 4.97. The summed E-state index contributed by atoms with van der Waals surface area (Å²) in [6.45, 7) is 2.36. The molecule has 1 aliphatic heterocycles. The number of hydrogen-bond acceptors (Lipinski definition) is 6. The van der Waals surface area contributed by atoms with Crippen LogP contribution >= 0.6 is 0 Å². The zero-order valence-electron chi connectivity index (χ0n) is 17.7. The molecule has 0 aliphatic carbocycles. The summed E-state index contributed by atoms with van der Waals surface area (Å²) in [6, 6.07) is 10.5. The molecular weight excluding hydrogens is 408 g/mol. The summed E-state index contributed by atoms with van der Waals surface area (Å²) in [6.07, 6.45) is 6.01. The Labute approximate surface area is 186 Å². The normalized spacial score (nSPS) is 13.9. The van der Waals surface area contributed by atoms with Crippen LogP contribution in [0.25, 0.3) is 0 Å². The van der Waals surface area contributed by atoms with E-state index < -0.39 is 0 Å². The Kier molecular flexibility index (Phi) is 7.97. The fourth-order valence-corrected chi connectivity index (χ4v) is 3.33. The summed E-state index contributed by atoms with van der Waals surface area (Å²) in [7, 11) is 0. The number of nitriles is 1. The summed E-state index contributed by atoms with van der Waals surface area (Å²) < 4.78 is 0. The minimum atomic E-state index is -0.0719. The molecule has 166 valence electrons. The van der Waals surface area contributed by atoms with Crippen LogP contribution in [0.15, 0.2) is 53.8 Å². The van der Waals surface area contributed by atoms with Gasteiger partial charge in [-0.25, -0.2) is 0 Å². The zero-order valence-corrected chi connectivity index (χ0v) is 17.7. The second-order valence-corrected chi connectivity index (χ2v) is 7.24. The summed E-state index contributed by atoms with van der Waals surface area (Å²) in [5.74, 6) is 0.269. The molecule has 4 N–H and O–H groups in total. The Morgan fingerprint density at radius 3 is 2.62 bits per heavy atom. The number of amides is 2. The molecule has 0 atom stereocenters. The Balaban J connectivity index is 1.42. The monoisotopic (exact) mass is 434 g/mol. The molecule has 2 heterocycles. The number of carbonyl (C=O) groups excluding carboxylic acids is 2. The second-order valence-electron chi connectivity index (χ2n) is 7.24. The zero-order chi connectivity index (χ0) is 22.8. The van der Waals surface area contributed by atoms with Crippen LogP contribution in [0.1, 0.15) is 23.2 Å². The van der Waals surface area contributed by atoms with Gasteiger partial charge in [0.2, 0.25) is 11.9 Å². The molecule has 2 amide bonds. The van der Waals surface area contributed by atoms with Crippen molar-refractivity contribution >= 4 is 29.1 Å². The van der Waals surface area contributed by atoms with Gasteiger partial charge in [0.25, 0.3) is 5.91 Å². The van der Waals surface area contributed by atoms with Crippen molar-refractivity contribution in [3.8, 4) is 6.19 Å². The molecule has 10 heteroatoms. The quantitative estimate of drug-likeness (QED) is 0.155. The fraction of sp³-hybridized carbons (Fsp3) is 0.318. The molecule has 10 nitrogen and oxygen atoms in total. The number of carbonyl (C=O) groups is 2. The molecule has 32 heavy (non-hydrogen) atoms. The van der Waals surface area contributed by atoms with E-state index in [1.807, 2.05) is 12.3 Å². The number of hydrogen-bond donors (Lipinski definition) is 3. The number of guanidine groups is 1. The van der Waals surface area contributed by atoms with Crippen molar-refractivity contribution in [1.29, 1.82) is 5.26 Å². The highest BCUT2D eigenvalue weighted by Crippen LogP contribution is 2.13. The third kappa shape index (κ3) is 6.43. The van der Waals surface area contributed by atoms with E-state index in [0.29, 0.717) is 68.5 Å². The number of nitrogens with one attached hydrogen (secondary N) is 2. The van der Waals surface area contributed by atoms with Crippen LogP contribution in [0.5, 0.6) is 0 Å². The maximum absolute atomic E-state index is 12.6. The van der Waals surface area contributed by atoms with Gasteiger partial charge in [-0.2, -0.15) is 5.26 Å². The first-order valence-electron chi connectivity index (χ1n) is 10.4. The van der Waals surface area contributed by atoms with Crippen LogP contribution in [-0.2, 0) is 4.79 Å². The SMILES string of the molecule is N#CNC(=NCCCC(=O)N1CCN(C(=O)c2cccc(N)c2)CC1)Nc1cccnc1. The molecule has 0 bridgehead atoms. The van der Waals surface area contributed by atoms with Crippen molar-refractivity contribution in [3.05, 3.63) is 54.4 Å². The fourth-order valence-electron chi connectivity index (χ4n) is 3.33. The number of nitrogens with zero attached hydrogens (tertiary/aromatic N) is 5. The first-order chi connectivity index (χ1) is 15.6. The van der Waals surface area contributed by atoms with E-state index in [9.17, 15) is 9.59 Å². The van der Waals surface area contributed by atoms with E-state index in [2.05, 4.69) is 20.6 Å². The molecule has 1 saturated heterocycles. The van der Waals surface area contributed by atoms with Crippen LogP contribution in [0.3, 0.4) is 0 Å². The average molecular weight is 435 g/mol. The van der Waals surface area contributed by atoms with Crippen molar-refractivity contribution in [2.45, 2.75) is 12.8 Å². The summed E-state index contributed by atoms with van der Waals surface area (Å²) in [5.41, 5.74) is 7.58. The molecule has 1 aromatic heterocycles. The number of pyridine rings is 1. The van der Waals surface area contributed by atoms with E-state index in [1.54, 1.807) is 52.5 Å². The smallest absolute Gasteiger partial charge is 0.254 e. The maximum Gasteiger partial charge on any atom is 0.254 e. The molecular formula is C22H26N8O2. The highest BCUT2D eigenvalue weighted by molar-refractivity contribution is 5.95. The lowest BCUT2D eigenvalue weighted by Crippen LogP contribution is -2.50. The summed E-state index contributed by atoms with van der Waals surface area (Å²) in [5, 5.41) is 14.4. The Morgan fingerprint density at radius 2 is 1.94 bits per heavy atom. The van der Waals surface area contributed by atoms with Gasteiger partial charge in [0.05, 0.1) is 11.9 Å². The van der Waals surface area contributed by atoms with E-state index in [4.69, 9.17) is 11.0 Å². The van der Waals surface area contributed by atoms with Crippen LogP contribution in [0.2, 0.25) is 0 Å². The van der Waals surface area contributed by atoms with Crippen LogP contribution in [-0.4, -0.2) is 65.3 Å². The minimum Gasteiger partial charge on any atom is -0.399 e. The van der Waals surface area contributed by atoms with Crippen molar-refractivity contribution in [3.63, 3.8) is 0 Å². The van der Waals surface area contributed by atoms with Crippen molar-refractivity contribution in [1.82, 2.24) is 20.1 Å². The number of piperazine rings is 1. The van der Waals surface area contributed by atoms with E-state index in [0.717, 1.165) is 0 Å². The van der Waals surface area contributed by atoms with Gasteiger partial charge in [-0.05, 0) is 36.8 Å². The number of aliphatic imine (C=N–C) groups is 1. The van der Waals surface area contributed by atoms with Crippen LogP contribution in [0.4, 0.5) is 11.4 Å². The van der Waals surface area contributed by atoms with Crippen molar-refractivity contribution < 1.29 is 9.59 Å². The lowest BCUT2D eigenvalue weighted by Gasteiger charge is -2.35. The average Bonchev–Trinajstić information content (AvgIpc) is 2.82. The first-order valence-corrected chi connectivity index (χ1v) is 10.4. The number of aromatic nitrogens is 1. The molecule has 1 fully saturated rings. The van der Waals surface area contributed by atoms with Crippen molar-refractivity contribution in [2.75, 3.05) is 43.8 Å². The van der Waals surface area contributed by atoms with Gasteiger partial charge in [-0.15, -0.1) is 0 Å². The van der Waals surface area contributed by atoms with Gasteiger partial charge < -0.3 is 20.9 Å². The summed E-state index contributed by atoms with van der Waals surface area (Å²) in [4.78, 5) is 36.9. The molecule has 1 aromatic carbocycles. The van der Waals surface area contributed by atoms with Gasteiger partial charge in [-0.1, -0.05) is 6.07 Å². The highest BCUT2D eigenvalue weighted by Gasteiger charge is 2.24. The molecule has 1 aliphatic rings. The Morgan fingerprint density at radius 1 is 1.16 bits per heavy atom. The Hall–Kier alpha value is -4.13. The highest BCUT2D eigenvalue weighted by atomic mass is 16.2. The van der Waals surface area contributed by atoms with Gasteiger partial charge in [-0.3, -0.25) is 24.9 Å². The molecule has 3 rings (SSSR count). The van der Waals surface area contributed by atoms with Crippen LogP contribution < -0.4 is 16.4 Å². The Bertz CT molecular complexity index is 994. The first kappa shape index (κ1) is 22.6. The lowest BCUT2D eigenvalue weighted by atomic mass is 10.1. The standard InChI is InChI=1S/C22H26N8O2/c23-16-27-22(28-19-6-2-8-25-15-19)26-9-3-7-20(31)29-10-12-30(13-11-29)21(32)17-4-1-5-18(24)14-17/h1-2,4-6,8,14-15H,3,7,9-13,24H2,(H2,26,27,28). The van der Waals surface area contributed by atoms with Crippen molar-refractivity contribution in [2.24, 2.45) is 4.99 Å². The number of benzene rings is 1. The topological polar surface area (TPSA) is 140 Å². The predicted molar refractivity (Wildman–Crippen MR) is 121 cm³/mol. The van der Waals surface area contributed by atoms with E-state index in [1.165, 1.54) is 0 Å². The molecule has 0 saturated carbocycles. The number of nitrogen functional groups attached to an aromatic ring is 1. The van der Waals surface area contributed by atoms with Gasteiger partial charge in [0, 0.05) is 56.6 Å². The molecule has 0 spiro atoms. The molecule has 2 aromatic rings. The van der Waals surface area contributed by atoms with Gasteiger partial charge in [0.15, 0.2) is 6.19 Å². The maximum atomic E-state index is 12.6. The van der Waals surface area contributed by atoms with Gasteiger partial charge in [0.1, 0.15) is 0 Å². The number of rotatable bonds is 6. The van der Waals surface area contributed by atoms with E-state index >= 15 is 0 Å². The number of anilines is 2. The molecule has 0 unspecified atom stereocenters. The second kappa shape index (κ2) is 11.3. The van der Waals surface area contributed by atoms with Crippen LogP contribution in [0, 0.1) is 11.5 Å². The summed E-state index contributed by atoms with van der Waals surface area (Å²) >= 11 is 0. The lowest BCUT2D eigenvalue weighted by molar-refractivity contribution is -0.132. The third-order valence-corrected chi connectivity index (χ3v) is 4.97. The largest absolute Gasteiger partial charge is 0.399 e. The van der Waals surface area contributed by atoms with E-state index in [-0.39, 0.29) is 11.8 Å². The molecule has 0 radical (unpaired) electrons. The minimum absolute atomic E-state index is 0.0336. The van der Waals surface area contributed by atoms with Gasteiger partial charge >= 0.3 is 0 Å².